The van der Waals surface area contributed by atoms with E-state index in [1.165, 1.54) is 0 Å². The Balaban J connectivity index is 1.58. The predicted octanol–water partition coefficient (Wildman–Crippen LogP) is 3.72. The highest BCUT2D eigenvalue weighted by Gasteiger charge is 2.32. The van der Waals surface area contributed by atoms with Crippen LogP contribution in [0, 0.1) is 11.8 Å². The molecular formula is C29H41N3O6. The molecule has 3 rings (SSSR count). The number of nitrogens with zero attached hydrogens (tertiary/aromatic N) is 1. The summed E-state index contributed by atoms with van der Waals surface area (Å²) in [6.45, 7) is 7.83. The molecule has 0 radical (unpaired) electrons. The number of hydrogen-bond donors (Lipinski definition) is 2. The fourth-order valence-corrected chi connectivity index (χ4v) is 4.45. The summed E-state index contributed by atoms with van der Waals surface area (Å²) in [6.07, 6.45) is 0.297. The van der Waals surface area contributed by atoms with Crippen molar-refractivity contribution < 1.29 is 28.5 Å². The summed E-state index contributed by atoms with van der Waals surface area (Å²) in [5.74, 6) is 1.32. The second-order valence-electron chi connectivity index (χ2n) is 9.73. The van der Waals surface area contributed by atoms with E-state index in [4.69, 9.17) is 18.9 Å². The zero-order valence-electron chi connectivity index (χ0n) is 22.9. The molecule has 1 fully saturated rings. The van der Waals surface area contributed by atoms with Crippen LogP contribution in [0.1, 0.15) is 36.2 Å². The minimum absolute atomic E-state index is 0.00740. The Morgan fingerprint density at radius 3 is 2.50 bits per heavy atom. The molecule has 2 aromatic rings. The van der Waals surface area contributed by atoms with Crippen LogP contribution < -0.4 is 20.1 Å². The average Bonchev–Trinajstić information content (AvgIpc) is 3.38. The number of carbonyl (C=O) groups is 2. The Hall–Kier alpha value is -3.30. The first kappa shape index (κ1) is 29.3. The second kappa shape index (κ2) is 15.2. The van der Waals surface area contributed by atoms with E-state index in [9.17, 15) is 9.59 Å². The van der Waals surface area contributed by atoms with Gasteiger partial charge in [0, 0.05) is 63.8 Å². The molecule has 1 aliphatic heterocycles. The Morgan fingerprint density at radius 1 is 1.03 bits per heavy atom. The van der Waals surface area contributed by atoms with Gasteiger partial charge in [0.1, 0.15) is 0 Å². The summed E-state index contributed by atoms with van der Waals surface area (Å²) in [5.41, 5.74) is 1.55. The van der Waals surface area contributed by atoms with Gasteiger partial charge in [0.15, 0.2) is 11.5 Å². The Bertz CT molecular complexity index is 1020. The molecule has 2 N–H and O–H groups in total. The molecule has 1 aliphatic rings. The quantitative estimate of drug-likeness (QED) is 0.361. The molecule has 1 saturated heterocycles. The van der Waals surface area contributed by atoms with Gasteiger partial charge in [-0.1, -0.05) is 30.3 Å². The van der Waals surface area contributed by atoms with Crippen molar-refractivity contribution in [1.29, 1.82) is 0 Å². The summed E-state index contributed by atoms with van der Waals surface area (Å²) >= 11 is 0. The van der Waals surface area contributed by atoms with Crippen molar-refractivity contribution in [2.24, 2.45) is 11.8 Å². The van der Waals surface area contributed by atoms with E-state index in [1.807, 2.05) is 49.1 Å². The number of ether oxygens (including phenoxy) is 4. The minimum atomic E-state index is -0.437. The topological polar surface area (TPSA) is 98.4 Å². The van der Waals surface area contributed by atoms with Crippen LogP contribution >= 0.6 is 0 Å². The first-order valence-corrected chi connectivity index (χ1v) is 13.2. The summed E-state index contributed by atoms with van der Waals surface area (Å²) in [4.78, 5) is 27.7. The monoisotopic (exact) mass is 527 g/mol. The number of carbonyl (C=O) groups excluding carboxylic acids is 2. The second-order valence-corrected chi connectivity index (χ2v) is 9.73. The summed E-state index contributed by atoms with van der Waals surface area (Å²) in [6, 6.07) is 15.0. The lowest BCUT2D eigenvalue weighted by atomic mass is 9.95. The minimum Gasteiger partial charge on any atom is -0.493 e. The van der Waals surface area contributed by atoms with Gasteiger partial charge in [-0.2, -0.15) is 0 Å². The van der Waals surface area contributed by atoms with Crippen molar-refractivity contribution in [3.8, 4) is 11.5 Å². The molecule has 2 amide bonds. The highest BCUT2D eigenvalue weighted by atomic mass is 16.5. The molecule has 0 spiro atoms. The molecule has 38 heavy (non-hydrogen) atoms. The van der Waals surface area contributed by atoms with Gasteiger partial charge in [0.25, 0.3) is 5.91 Å². The highest BCUT2D eigenvalue weighted by Crippen LogP contribution is 2.29. The molecule has 0 bridgehead atoms. The van der Waals surface area contributed by atoms with Crippen molar-refractivity contribution in [3.63, 3.8) is 0 Å². The van der Waals surface area contributed by atoms with Gasteiger partial charge < -0.3 is 34.5 Å². The smallest absolute Gasteiger partial charge is 0.407 e. The molecular weight excluding hydrogens is 486 g/mol. The van der Waals surface area contributed by atoms with Crippen LogP contribution in [0.15, 0.2) is 48.5 Å². The average molecular weight is 528 g/mol. The summed E-state index contributed by atoms with van der Waals surface area (Å²) in [7, 11) is 3.23. The number of methoxy groups -OCH3 is 2. The van der Waals surface area contributed by atoms with E-state index in [0.29, 0.717) is 50.0 Å². The van der Waals surface area contributed by atoms with Gasteiger partial charge in [-0.15, -0.1) is 0 Å². The van der Waals surface area contributed by atoms with Crippen molar-refractivity contribution in [2.45, 2.75) is 32.9 Å². The van der Waals surface area contributed by atoms with E-state index >= 15 is 0 Å². The molecule has 9 nitrogen and oxygen atoms in total. The van der Waals surface area contributed by atoms with Crippen molar-refractivity contribution in [2.75, 3.05) is 53.7 Å². The third kappa shape index (κ3) is 8.63. The number of nitrogens with one attached hydrogen (secondary N) is 2. The maximum absolute atomic E-state index is 13.6. The largest absolute Gasteiger partial charge is 0.493 e. The Labute approximate surface area is 225 Å². The number of benzene rings is 2. The third-order valence-corrected chi connectivity index (χ3v) is 6.66. The van der Waals surface area contributed by atoms with E-state index < -0.39 is 6.09 Å². The van der Waals surface area contributed by atoms with Crippen LogP contribution in [0.3, 0.4) is 0 Å². The Kier molecular flexibility index (Phi) is 11.7. The molecule has 0 aliphatic carbocycles. The molecule has 208 valence electrons. The van der Waals surface area contributed by atoms with Crippen LogP contribution in [-0.4, -0.2) is 76.6 Å². The number of amides is 2. The van der Waals surface area contributed by atoms with Crippen LogP contribution in [0.25, 0.3) is 0 Å². The zero-order chi connectivity index (χ0) is 27.3. The predicted molar refractivity (Wildman–Crippen MR) is 146 cm³/mol. The molecule has 0 aromatic heterocycles. The van der Waals surface area contributed by atoms with Crippen LogP contribution in [0.2, 0.25) is 0 Å². The fourth-order valence-electron chi connectivity index (χ4n) is 4.45. The van der Waals surface area contributed by atoms with Gasteiger partial charge in [-0.3, -0.25) is 4.79 Å². The molecule has 2 atom stereocenters. The summed E-state index contributed by atoms with van der Waals surface area (Å²) < 4.78 is 21.9. The SMILES string of the molecule is COCCCOc1cc(C(=O)N(C[C@H]2CNC[C@H]2COC(=O)NCc2ccccc2)C(C)C)ccc1OC. The molecule has 2 aromatic carbocycles. The van der Waals surface area contributed by atoms with Gasteiger partial charge in [0.05, 0.1) is 20.3 Å². The maximum atomic E-state index is 13.6. The normalized spacial score (nSPS) is 16.8. The lowest BCUT2D eigenvalue weighted by Crippen LogP contribution is -2.42. The van der Waals surface area contributed by atoms with Crippen LogP contribution in [0.5, 0.6) is 11.5 Å². The number of alkyl carbamates (subject to hydrolysis) is 1. The lowest BCUT2D eigenvalue weighted by molar-refractivity contribution is 0.0628. The van der Waals surface area contributed by atoms with Crippen molar-refractivity contribution in [1.82, 2.24) is 15.5 Å². The lowest BCUT2D eigenvalue weighted by Gasteiger charge is -2.31. The van der Waals surface area contributed by atoms with Gasteiger partial charge in [-0.05, 0) is 43.5 Å². The van der Waals surface area contributed by atoms with Gasteiger partial charge >= 0.3 is 6.09 Å². The zero-order valence-corrected chi connectivity index (χ0v) is 22.9. The number of hydrogen-bond acceptors (Lipinski definition) is 7. The van der Waals surface area contributed by atoms with Crippen LogP contribution in [-0.2, 0) is 16.0 Å². The van der Waals surface area contributed by atoms with Crippen LogP contribution in [0.4, 0.5) is 4.79 Å². The van der Waals surface area contributed by atoms with Crippen molar-refractivity contribution >= 4 is 12.0 Å². The van der Waals surface area contributed by atoms with Gasteiger partial charge in [0.2, 0.25) is 0 Å². The van der Waals surface area contributed by atoms with E-state index in [0.717, 1.165) is 25.1 Å². The first-order chi connectivity index (χ1) is 18.4. The Morgan fingerprint density at radius 2 is 1.79 bits per heavy atom. The summed E-state index contributed by atoms with van der Waals surface area (Å²) in [5, 5.41) is 6.19. The standard InChI is InChI=1S/C29H41N3O6/c1-21(2)32(28(33)23-11-12-26(36-4)27(15-23)37-14-8-13-35-3)19-24-17-30-18-25(24)20-38-29(34)31-16-22-9-6-5-7-10-22/h5-7,9-12,15,21,24-25,30H,8,13-14,16-20H2,1-4H3,(H,31,34)/t24-,25+/m1/s1. The highest BCUT2D eigenvalue weighted by molar-refractivity contribution is 5.95. The number of rotatable bonds is 14. The first-order valence-electron chi connectivity index (χ1n) is 13.2. The molecule has 0 saturated carbocycles. The maximum Gasteiger partial charge on any atom is 0.407 e. The van der Waals surface area contributed by atoms with E-state index in [1.54, 1.807) is 32.4 Å². The van der Waals surface area contributed by atoms with E-state index in [-0.39, 0.29) is 23.8 Å². The molecule has 1 heterocycles. The molecule has 0 unspecified atom stereocenters. The molecule has 9 heteroatoms. The van der Waals surface area contributed by atoms with Gasteiger partial charge in [-0.25, -0.2) is 4.79 Å². The fraction of sp³-hybridized carbons (Fsp3) is 0.517. The third-order valence-electron chi connectivity index (χ3n) is 6.66. The van der Waals surface area contributed by atoms with Crippen molar-refractivity contribution in [3.05, 3.63) is 59.7 Å². The van der Waals surface area contributed by atoms with E-state index in [2.05, 4.69) is 10.6 Å².